The summed E-state index contributed by atoms with van der Waals surface area (Å²) < 4.78 is 22.0. The van der Waals surface area contributed by atoms with Gasteiger partial charge in [-0.05, 0) is 71.7 Å². The van der Waals surface area contributed by atoms with Crippen molar-refractivity contribution in [1.29, 1.82) is 0 Å². The molecule has 0 heterocycles. The molecule has 0 fully saturated rings. The minimum absolute atomic E-state index is 0.00806. The number of amides is 1. The molecule has 2 rings (SSSR count). The first kappa shape index (κ1) is 36.2. The fraction of sp³-hybridized carbons (Fsp3) is 0.452. The van der Waals surface area contributed by atoms with Gasteiger partial charge in [0.2, 0.25) is 5.91 Å². The number of phenolic OH excluding ortho intramolecular Hbond substituents is 1. The Hall–Kier alpha value is -5.01. The Kier molecular flexibility index (Phi) is 12.6. The molecule has 0 aliphatic rings. The van der Waals surface area contributed by atoms with Gasteiger partial charge in [0, 0.05) is 12.5 Å². The van der Waals surface area contributed by atoms with Crippen molar-refractivity contribution < 1.29 is 48.3 Å². The number of para-hydroxylation sites is 1. The zero-order chi connectivity index (χ0) is 33.9. The molecule has 2 aromatic rings. The van der Waals surface area contributed by atoms with Crippen molar-refractivity contribution in [2.45, 2.75) is 78.0 Å². The molecule has 14 nitrogen and oxygen atoms in total. The van der Waals surface area contributed by atoms with Gasteiger partial charge in [-0.1, -0.05) is 12.1 Å². The van der Waals surface area contributed by atoms with Crippen LogP contribution >= 0.6 is 0 Å². The van der Waals surface area contributed by atoms with Gasteiger partial charge >= 0.3 is 17.9 Å². The fourth-order valence-corrected chi connectivity index (χ4v) is 3.89. The van der Waals surface area contributed by atoms with Crippen LogP contribution in [-0.2, 0) is 30.3 Å². The van der Waals surface area contributed by atoms with E-state index in [1.165, 1.54) is 24.3 Å². The first-order chi connectivity index (χ1) is 20.8. The minimum Gasteiger partial charge on any atom is -0.504 e. The summed E-state index contributed by atoms with van der Waals surface area (Å²) in [4.78, 5) is 53.6. The Morgan fingerprint density at radius 2 is 1.58 bits per heavy atom. The van der Waals surface area contributed by atoms with E-state index >= 15 is 0 Å². The summed E-state index contributed by atoms with van der Waals surface area (Å²) >= 11 is 0. The number of nitrogens with one attached hydrogen (secondary N) is 1. The molecule has 0 aliphatic carbocycles. The summed E-state index contributed by atoms with van der Waals surface area (Å²) in [5.74, 6) is -3.52. The lowest BCUT2D eigenvalue weighted by atomic mass is 10.1. The number of ether oxygens (including phenoxy) is 4. The molecule has 246 valence electrons. The molecule has 1 atom stereocenters. The number of carbonyl (C=O) groups excluding carboxylic acids is 3. The number of carboxylic acids is 1. The lowest BCUT2D eigenvalue weighted by Gasteiger charge is -2.25. The van der Waals surface area contributed by atoms with E-state index in [4.69, 9.17) is 30.4 Å². The van der Waals surface area contributed by atoms with E-state index in [9.17, 15) is 29.4 Å². The number of hydrogen-bond acceptors (Lipinski definition) is 10. The molecule has 0 spiro atoms. The largest absolute Gasteiger partial charge is 0.504 e. The molecule has 1 amide bonds. The number of rotatable bonds is 14. The maximum absolute atomic E-state index is 12.9. The van der Waals surface area contributed by atoms with Gasteiger partial charge in [-0.2, -0.15) is 0 Å². The predicted molar refractivity (Wildman–Crippen MR) is 165 cm³/mol. The molecule has 2 aromatic carbocycles. The lowest BCUT2D eigenvalue weighted by molar-refractivity contribution is -0.165. The van der Waals surface area contributed by atoms with Gasteiger partial charge in [0.15, 0.2) is 17.5 Å². The van der Waals surface area contributed by atoms with Crippen LogP contribution in [0, 0.1) is 0 Å². The molecule has 0 aliphatic heterocycles. The van der Waals surface area contributed by atoms with Gasteiger partial charge in [-0.3, -0.25) is 9.59 Å². The van der Waals surface area contributed by atoms with Gasteiger partial charge in [0.25, 0.3) is 0 Å². The van der Waals surface area contributed by atoms with Crippen LogP contribution in [-0.4, -0.2) is 70.4 Å². The third-order valence-electron chi connectivity index (χ3n) is 5.56. The van der Waals surface area contributed by atoms with Crippen LogP contribution in [0.4, 0.5) is 5.69 Å². The van der Waals surface area contributed by atoms with Gasteiger partial charge in [-0.25, -0.2) is 14.6 Å². The number of carbonyl (C=O) groups is 4. The fourth-order valence-electron chi connectivity index (χ4n) is 3.89. The number of aromatic hydroxyl groups is 1. The third-order valence-corrected chi connectivity index (χ3v) is 5.56. The number of aryl methyl sites for hydroxylation is 1. The number of aromatic carboxylic acids is 1. The molecule has 0 aromatic heterocycles. The predicted octanol–water partition coefficient (Wildman–Crippen LogP) is 2.94. The molecule has 0 saturated heterocycles. The van der Waals surface area contributed by atoms with Gasteiger partial charge in [0.05, 0.1) is 12.1 Å². The smallest absolute Gasteiger partial charge is 0.339 e. The second kappa shape index (κ2) is 15.6. The van der Waals surface area contributed by atoms with Gasteiger partial charge in [0.1, 0.15) is 41.8 Å². The van der Waals surface area contributed by atoms with Crippen molar-refractivity contribution in [3.8, 4) is 17.2 Å². The van der Waals surface area contributed by atoms with E-state index in [-0.39, 0.29) is 60.5 Å². The second-order valence-electron chi connectivity index (χ2n) is 11.9. The average molecular weight is 631 g/mol. The number of esters is 2. The number of nitrogens with two attached hydrogens (primary N) is 2. The number of guanidine groups is 1. The maximum atomic E-state index is 12.9. The Balaban J connectivity index is 2.07. The van der Waals surface area contributed by atoms with Crippen molar-refractivity contribution in [1.82, 2.24) is 5.32 Å². The zero-order valence-corrected chi connectivity index (χ0v) is 26.3. The summed E-state index contributed by atoms with van der Waals surface area (Å²) in [5.41, 5.74) is 9.80. The van der Waals surface area contributed by atoms with E-state index in [2.05, 4.69) is 10.3 Å². The molecule has 0 saturated carbocycles. The first-order valence-corrected chi connectivity index (χ1v) is 14.1. The molecule has 1 unspecified atom stereocenters. The Morgan fingerprint density at radius 3 is 2.18 bits per heavy atom. The number of benzene rings is 2. The highest BCUT2D eigenvalue weighted by Crippen LogP contribution is 2.31. The summed E-state index contributed by atoms with van der Waals surface area (Å²) in [6.07, 6.45) is -0.437. The number of aliphatic imine (C=N–C) groups is 1. The molecular weight excluding hydrogens is 588 g/mol. The summed E-state index contributed by atoms with van der Waals surface area (Å²) in [6, 6.07) is 7.44. The summed E-state index contributed by atoms with van der Waals surface area (Å²) in [5, 5.41) is 22.4. The van der Waals surface area contributed by atoms with Crippen molar-refractivity contribution in [3.63, 3.8) is 0 Å². The van der Waals surface area contributed by atoms with Gasteiger partial charge in [-0.15, -0.1) is 0 Å². The van der Waals surface area contributed by atoms with Gasteiger partial charge < -0.3 is 45.9 Å². The summed E-state index contributed by atoms with van der Waals surface area (Å²) in [6.45, 7) is 9.86. The SMILES string of the molecule is CC(C)(C)OC(=O)CC(NC(=O)CCc1cccc(O)c1OCCOc1cc(N=C(N)N)ccc1C(=O)O)C(=O)OC(C)(C)C. The van der Waals surface area contributed by atoms with Crippen molar-refractivity contribution >= 4 is 35.5 Å². The van der Waals surface area contributed by atoms with Crippen LogP contribution in [0.3, 0.4) is 0 Å². The highest BCUT2D eigenvalue weighted by atomic mass is 16.6. The number of phenols is 1. The number of carboxylic acid groups (broad SMARTS) is 1. The maximum Gasteiger partial charge on any atom is 0.339 e. The van der Waals surface area contributed by atoms with Crippen molar-refractivity contribution in [2.24, 2.45) is 16.5 Å². The highest BCUT2D eigenvalue weighted by Gasteiger charge is 2.31. The third kappa shape index (κ3) is 13.0. The molecule has 0 bridgehead atoms. The van der Waals surface area contributed by atoms with E-state index in [0.717, 1.165) is 0 Å². The first-order valence-electron chi connectivity index (χ1n) is 14.1. The minimum atomic E-state index is -1.27. The van der Waals surface area contributed by atoms with Crippen LogP contribution in [0.1, 0.15) is 70.3 Å². The highest BCUT2D eigenvalue weighted by molar-refractivity contribution is 5.92. The standard InChI is InChI=1S/C31H42N4O10/c1-30(2,3)44-25(38)17-21(28(41)45-31(4,5)6)35-24(37)13-10-18-8-7-9-22(36)26(18)43-15-14-42-23-16-19(34-29(32)33)11-12-20(23)27(39)40/h7-9,11-12,16,21,36H,10,13-15,17H2,1-6H3,(H,35,37)(H,39,40)(H4,32,33,34). The monoisotopic (exact) mass is 630 g/mol. The zero-order valence-electron chi connectivity index (χ0n) is 26.3. The Bertz CT molecular complexity index is 1410. The molecular formula is C31H42N4O10. The second-order valence-corrected chi connectivity index (χ2v) is 11.9. The van der Waals surface area contributed by atoms with Crippen LogP contribution in [0.2, 0.25) is 0 Å². The summed E-state index contributed by atoms with van der Waals surface area (Å²) in [7, 11) is 0. The van der Waals surface area contributed by atoms with E-state index in [1.54, 1.807) is 53.7 Å². The van der Waals surface area contributed by atoms with E-state index in [0.29, 0.717) is 5.56 Å². The van der Waals surface area contributed by atoms with Crippen molar-refractivity contribution in [3.05, 3.63) is 47.5 Å². The Labute approximate surface area is 261 Å². The molecule has 45 heavy (non-hydrogen) atoms. The lowest BCUT2D eigenvalue weighted by Crippen LogP contribution is -2.46. The molecule has 0 radical (unpaired) electrons. The van der Waals surface area contributed by atoms with Crippen LogP contribution in [0.5, 0.6) is 17.2 Å². The number of nitrogens with zero attached hydrogens (tertiary/aromatic N) is 1. The molecule has 14 heteroatoms. The van der Waals surface area contributed by atoms with Crippen LogP contribution in [0.15, 0.2) is 41.4 Å². The van der Waals surface area contributed by atoms with E-state index < -0.39 is 47.5 Å². The normalized spacial score (nSPS) is 12.0. The molecule has 7 N–H and O–H groups in total. The van der Waals surface area contributed by atoms with E-state index in [1.807, 2.05) is 0 Å². The Morgan fingerprint density at radius 1 is 0.933 bits per heavy atom. The average Bonchev–Trinajstić information content (AvgIpc) is 2.88. The number of hydrogen-bond donors (Lipinski definition) is 5. The van der Waals surface area contributed by atoms with Crippen LogP contribution in [0.25, 0.3) is 0 Å². The van der Waals surface area contributed by atoms with Crippen molar-refractivity contribution in [2.75, 3.05) is 13.2 Å². The topological polar surface area (TPSA) is 222 Å². The quantitative estimate of drug-likeness (QED) is 0.0880. The van der Waals surface area contributed by atoms with Crippen LogP contribution < -0.4 is 26.3 Å².